The second-order valence-corrected chi connectivity index (χ2v) is 10.8. The first kappa shape index (κ1) is 35.2. The number of benzene rings is 2. The zero-order chi connectivity index (χ0) is 30.1. The fourth-order valence-corrected chi connectivity index (χ4v) is 4.68. The van der Waals surface area contributed by atoms with E-state index >= 15 is 0 Å². The molecule has 6 nitrogen and oxygen atoms in total. The van der Waals surface area contributed by atoms with Crippen LogP contribution in [0.25, 0.3) is 0 Å². The topological polar surface area (TPSA) is 77.3 Å². The Labute approximate surface area is 244 Å². The number of rotatable bonds is 9. The number of unbranched alkanes of at least 4 members (excludes halogenated alkanes) is 1. The number of nitrogens with zero attached hydrogens (tertiary/aromatic N) is 3. The average Bonchev–Trinajstić information content (AvgIpc) is 3.29. The van der Waals surface area contributed by atoms with Crippen molar-refractivity contribution in [2.45, 2.75) is 113 Å². The number of anilines is 1. The number of hydrogen-bond acceptors (Lipinski definition) is 5. The van der Waals surface area contributed by atoms with E-state index in [1.807, 2.05) is 25.7 Å². The third-order valence-corrected chi connectivity index (χ3v) is 7.09. The van der Waals surface area contributed by atoms with E-state index in [0.29, 0.717) is 12.5 Å². The summed E-state index contributed by atoms with van der Waals surface area (Å²) >= 11 is 0. The van der Waals surface area contributed by atoms with Crippen molar-refractivity contribution in [3.63, 3.8) is 0 Å². The zero-order valence-electron chi connectivity index (χ0n) is 26.6. The van der Waals surface area contributed by atoms with Crippen LogP contribution in [0.1, 0.15) is 113 Å². The Morgan fingerprint density at radius 1 is 1.10 bits per heavy atom. The van der Waals surface area contributed by atoms with E-state index in [2.05, 4.69) is 86.5 Å². The molecular weight excluding hydrogens is 496 g/mol. The summed E-state index contributed by atoms with van der Waals surface area (Å²) in [6.45, 7) is 18.1. The van der Waals surface area contributed by atoms with Crippen LogP contribution in [0.4, 0.5) is 5.69 Å². The number of aryl methyl sites for hydroxylation is 2. The lowest BCUT2D eigenvalue weighted by Gasteiger charge is -2.39. The van der Waals surface area contributed by atoms with Gasteiger partial charge in [-0.25, -0.2) is 0 Å². The number of carbonyl (C=O) groups is 1. The summed E-state index contributed by atoms with van der Waals surface area (Å²) in [6, 6.07) is 12.9. The Bertz CT molecular complexity index is 1090. The number of carbonyl (C=O) groups excluding carboxylic acids is 1. The predicted octanol–water partition coefficient (Wildman–Crippen LogP) is 7.88. The summed E-state index contributed by atoms with van der Waals surface area (Å²) in [5, 5.41) is 18.1. The Kier molecular flexibility index (Phi) is 16.3. The van der Waals surface area contributed by atoms with Crippen molar-refractivity contribution < 1.29 is 9.90 Å². The van der Waals surface area contributed by atoms with E-state index < -0.39 is 0 Å². The first-order valence-electron chi connectivity index (χ1n) is 15.0. The maximum absolute atomic E-state index is 13.2. The fourth-order valence-electron chi connectivity index (χ4n) is 4.68. The highest BCUT2D eigenvalue weighted by Crippen LogP contribution is 2.34. The Morgan fingerprint density at radius 2 is 1.80 bits per heavy atom. The van der Waals surface area contributed by atoms with E-state index in [0.717, 1.165) is 31.3 Å². The molecule has 222 valence electrons. The van der Waals surface area contributed by atoms with Gasteiger partial charge in [-0.05, 0) is 99.2 Å². The first-order chi connectivity index (χ1) is 19.3. The van der Waals surface area contributed by atoms with Gasteiger partial charge in [0.25, 0.3) is 5.91 Å². The molecule has 0 unspecified atom stereocenters. The molecule has 0 atom stereocenters. The quantitative estimate of drug-likeness (QED) is 0.246. The normalized spacial score (nSPS) is 15.1. The van der Waals surface area contributed by atoms with Gasteiger partial charge in [-0.1, -0.05) is 59.2 Å². The predicted molar refractivity (Wildman–Crippen MR) is 173 cm³/mol. The number of hydrogen-bond donors (Lipinski definition) is 2. The summed E-state index contributed by atoms with van der Waals surface area (Å²) in [5.74, 6) is 0.640. The van der Waals surface area contributed by atoms with E-state index in [-0.39, 0.29) is 11.4 Å². The van der Waals surface area contributed by atoms with Crippen molar-refractivity contribution in [3.05, 3.63) is 64.2 Å². The van der Waals surface area contributed by atoms with Crippen molar-refractivity contribution in [2.75, 3.05) is 12.0 Å². The smallest absolute Gasteiger partial charge is 0.258 e. The second-order valence-electron chi connectivity index (χ2n) is 10.8. The number of aliphatic hydroxyl groups is 1. The minimum Gasteiger partial charge on any atom is -0.400 e. The molecule has 6 heteroatoms. The summed E-state index contributed by atoms with van der Waals surface area (Å²) in [5.41, 5.74) is 7.13. The van der Waals surface area contributed by atoms with Crippen LogP contribution in [0, 0.1) is 12.8 Å². The monoisotopic (exact) mass is 550 g/mol. The number of aliphatic hydroxyl groups excluding tert-OH is 1. The summed E-state index contributed by atoms with van der Waals surface area (Å²) in [7, 11) is 1.00. The largest absolute Gasteiger partial charge is 0.400 e. The molecular formula is C34H54N4O2. The number of amides is 1. The summed E-state index contributed by atoms with van der Waals surface area (Å²) < 4.78 is 0. The van der Waals surface area contributed by atoms with Crippen LogP contribution in [0.2, 0.25) is 0 Å². The van der Waals surface area contributed by atoms with Crippen molar-refractivity contribution in [1.82, 2.24) is 5.32 Å². The molecule has 1 aliphatic heterocycles. The van der Waals surface area contributed by atoms with Gasteiger partial charge in [0.2, 0.25) is 0 Å². The highest BCUT2D eigenvalue weighted by molar-refractivity contribution is 6.10. The third kappa shape index (κ3) is 10.6. The van der Waals surface area contributed by atoms with Gasteiger partial charge in [0, 0.05) is 42.9 Å². The van der Waals surface area contributed by atoms with Crippen molar-refractivity contribution >= 4 is 24.0 Å². The van der Waals surface area contributed by atoms with Gasteiger partial charge in [0.15, 0.2) is 0 Å². The van der Waals surface area contributed by atoms with Crippen LogP contribution in [0.15, 0.2) is 46.6 Å². The molecule has 1 aliphatic carbocycles. The molecule has 2 aliphatic rings. The SMILES string of the molecule is C/C=N\N=C/C(C)C.CC.CCCCc1cccc(N2Cc3c(C)cc(CNC4(C)CCC4)cc3C2=O)c1.CO. The number of nitrogens with one attached hydrogen (secondary N) is 1. The average molecular weight is 551 g/mol. The lowest BCUT2D eigenvalue weighted by Crippen LogP contribution is -2.47. The maximum atomic E-state index is 13.2. The molecule has 2 aromatic rings. The van der Waals surface area contributed by atoms with Gasteiger partial charge >= 0.3 is 0 Å². The molecule has 2 aromatic carbocycles. The lowest BCUT2D eigenvalue weighted by molar-refractivity contribution is 0.0996. The molecule has 4 rings (SSSR count). The Balaban J connectivity index is 0.000000571. The molecule has 0 bridgehead atoms. The lowest BCUT2D eigenvalue weighted by atomic mass is 9.78. The molecule has 0 saturated heterocycles. The van der Waals surface area contributed by atoms with Gasteiger partial charge in [-0.15, -0.1) is 0 Å². The van der Waals surface area contributed by atoms with Gasteiger partial charge in [-0.3, -0.25) is 4.79 Å². The number of fused-ring (bicyclic) bond motifs is 1. The Morgan fingerprint density at radius 3 is 2.38 bits per heavy atom. The Hall–Kier alpha value is -2.83. The molecule has 1 heterocycles. The highest BCUT2D eigenvalue weighted by Gasteiger charge is 2.32. The van der Waals surface area contributed by atoms with Crippen LogP contribution >= 0.6 is 0 Å². The molecule has 0 spiro atoms. The van der Waals surface area contributed by atoms with E-state index in [4.69, 9.17) is 5.11 Å². The minimum absolute atomic E-state index is 0.141. The van der Waals surface area contributed by atoms with Gasteiger partial charge in [0.1, 0.15) is 0 Å². The zero-order valence-corrected chi connectivity index (χ0v) is 26.6. The van der Waals surface area contributed by atoms with E-state index in [9.17, 15) is 4.79 Å². The highest BCUT2D eigenvalue weighted by atomic mass is 16.2. The van der Waals surface area contributed by atoms with Crippen LogP contribution in [-0.2, 0) is 19.5 Å². The van der Waals surface area contributed by atoms with Gasteiger partial charge in [0.05, 0.1) is 6.54 Å². The van der Waals surface area contributed by atoms with Crippen molar-refractivity contribution in [1.29, 1.82) is 0 Å². The molecule has 0 radical (unpaired) electrons. The standard InChI is InChI=1S/C25H32N2O.C6H12N2.C2H6.CH4O/c1-4-5-8-19-9-6-10-21(14-19)27-17-23-18(2)13-20(15-22(23)24(27)28)16-26-25(3)11-7-12-25;1-4-7-8-5-6(2)3;2*1-2/h6,9-10,13-15,26H,4-5,7-8,11-12,16-17H2,1-3H3;4-6H,1-3H3;1-2H3;2H,1H3/b;7-4-,8-5-;;. The van der Waals surface area contributed by atoms with Crippen LogP contribution in [-0.4, -0.2) is 36.1 Å². The summed E-state index contributed by atoms with van der Waals surface area (Å²) in [6.07, 6.45) is 10.7. The second kappa shape index (κ2) is 18.5. The molecule has 1 amide bonds. The molecule has 1 fully saturated rings. The van der Waals surface area contributed by atoms with Crippen molar-refractivity contribution in [3.8, 4) is 0 Å². The van der Waals surface area contributed by atoms with E-state index in [1.54, 1.807) is 12.4 Å². The van der Waals surface area contributed by atoms with Crippen molar-refractivity contribution in [2.24, 2.45) is 16.1 Å². The molecule has 1 saturated carbocycles. The minimum atomic E-state index is 0.141. The van der Waals surface area contributed by atoms with Gasteiger partial charge in [-0.2, -0.15) is 10.2 Å². The van der Waals surface area contributed by atoms with Crippen LogP contribution in [0.5, 0.6) is 0 Å². The maximum Gasteiger partial charge on any atom is 0.258 e. The molecule has 0 aromatic heterocycles. The molecule has 2 N–H and O–H groups in total. The van der Waals surface area contributed by atoms with E-state index in [1.165, 1.54) is 54.4 Å². The van der Waals surface area contributed by atoms with Crippen LogP contribution in [0.3, 0.4) is 0 Å². The van der Waals surface area contributed by atoms with Gasteiger partial charge < -0.3 is 15.3 Å². The third-order valence-electron chi connectivity index (χ3n) is 7.09. The fraction of sp³-hybridized carbons (Fsp3) is 0.559. The summed E-state index contributed by atoms with van der Waals surface area (Å²) in [4.78, 5) is 15.1. The molecule has 40 heavy (non-hydrogen) atoms. The first-order valence-corrected chi connectivity index (χ1v) is 15.0. The van der Waals surface area contributed by atoms with Crippen LogP contribution < -0.4 is 10.2 Å².